The Balaban J connectivity index is 2.25. The van der Waals surface area contributed by atoms with Crippen LogP contribution in [-0.2, 0) is 0 Å². The van der Waals surface area contributed by atoms with Crippen molar-refractivity contribution in [2.24, 2.45) is 0 Å². The van der Waals surface area contributed by atoms with Gasteiger partial charge in [0.05, 0.1) is 10.5 Å². The molecule has 0 radical (unpaired) electrons. The monoisotopic (exact) mass is 341 g/mol. The summed E-state index contributed by atoms with van der Waals surface area (Å²) in [5.74, 6) is -2.02. The van der Waals surface area contributed by atoms with Crippen LogP contribution in [0.25, 0.3) is 0 Å². The number of nitro groups is 1. The molecule has 0 saturated heterocycles. The highest BCUT2D eigenvalue weighted by Crippen LogP contribution is 2.52. The second kappa shape index (κ2) is 5.43. The molecule has 2 aromatic rings. The van der Waals surface area contributed by atoms with Gasteiger partial charge in [-0.05, 0) is 29.8 Å². The largest absolute Gasteiger partial charge is 0.476 e. The maximum absolute atomic E-state index is 14.1. The molecular formula is C15H10ClF2NO4. The molecule has 3 rings (SSSR count). The predicted molar refractivity (Wildman–Crippen MR) is 76.7 cm³/mol. The quantitative estimate of drug-likeness (QED) is 0.393. The number of hydrogen-bond acceptors (Lipinski definition) is 4. The first-order valence-electron chi connectivity index (χ1n) is 6.58. The summed E-state index contributed by atoms with van der Waals surface area (Å²) in [5, 5.41) is 21.9. The van der Waals surface area contributed by atoms with Crippen LogP contribution in [0.1, 0.15) is 23.3 Å². The maximum atomic E-state index is 14.1. The minimum absolute atomic E-state index is 0.0748. The predicted octanol–water partition coefficient (Wildman–Crippen LogP) is 3.34. The molecule has 5 nitrogen and oxygen atoms in total. The van der Waals surface area contributed by atoms with E-state index in [0.29, 0.717) is 0 Å². The standard InChI is InChI=1S/C15H10ClF2NO4/c16-15(19(21)22)13(20)8-4-1-2-7-11(8)23-14(15)12-9(17)5-3-6-10(12)18/h1-7,13-14,20H/t13-,14-,15+/m0/s1. The van der Waals surface area contributed by atoms with E-state index in [1.165, 1.54) is 18.2 Å². The van der Waals surface area contributed by atoms with Gasteiger partial charge in [0, 0.05) is 5.56 Å². The zero-order chi connectivity index (χ0) is 16.8. The third-order valence-corrected chi connectivity index (χ3v) is 4.29. The van der Waals surface area contributed by atoms with E-state index < -0.39 is 39.3 Å². The van der Waals surface area contributed by atoms with Crippen LogP contribution in [0, 0.1) is 21.7 Å². The van der Waals surface area contributed by atoms with Crippen LogP contribution >= 0.6 is 11.6 Å². The van der Waals surface area contributed by atoms with Crippen LogP contribution in [-0.4, -0.2) is 15.0 Å². The van der Waals surface area contributed by atoms with Crippen LogP contribution in [0.4, 0.5) is 8.78 Å². The zero-order valence-corrected chi connectivity index (χ0v) is 12.2. The Labute approximate surface area is 134 Å². The molecule has 23 heavy (non-hydrogen) atoms. The Morgan fingerprint density at radius 2 is 1.78 bits per heavy atom. The van der Waals surface area contributed by atoms with Crippen molar-refractivity contribution in [3.63, 3.8) is 0 Å². The van der Waals surface area contributed by atoms with Gasteiger partial charge in [-0.2, -0.15) is 0 Å². The second-order valence-corrected chi connectivity index (χ2v) is 5.66. The molecule has 1 aliphatic rings. The number of hydrogen-bond donors (Lipinski definition) is 1. The van der Waals surface area contributed by atoms with Crippen molar-refractivity contribution < 1.29 is 23.5 Å². The van der Waals surface area contributed by atoms with Crippen LogP contribution in [0.5, 0.6) is 5.75 Å². The third-order valence-electron chi connectivity index (χ3n) is 3.75. The molecule has 1 N–H and O–H groups in total. The summed E-state index contributed by atoms with van der Waals surface area (Å²) in [4.78, 5) is 7.83. The molecule has 1 aliphatic heterocycles. The van der Waals surface area contributed by atoms with Gasteiger partial charge in [0.15, 0.2) is 6.10 Å². The van der Waals surface area contributed by atoms with E-state index in [1.54, 1.807) is 6.07 Å². The van der Waals surface area contributed by atoms with E-state index in [9.17, 15) is 24.0 Å². The van der Waals surface area contributed by atoms with Crippen molar-refractivity contribution in [3.8, 4) is 5.75 Å². The average Bonchev–Trinajstić information content (AvgIpc) is 2.51. The Hall–Kier alpha value is -2.25. The van der Waals surface area contributed by atoms with Gasteiger partial charge in [-0.25, -0.2) is 8.78 Å². The topological polar surface area (TPSA) is 72.6 Å². The Bertz CT molecular complexity index is 768. The minimum atomic E-state index is -2.67. The lowest BCUT2D eigenvalue weighted by atomic mass is 9.89. The van der Waals surface area contributed by atoms with Crippen molar-refractivity contribution in [2.45, 2.75) is 17.2 Å². The highest BCUT2D eigenvalue weighted by Gasteiger charge is 2.62. The molecule has 0 fully saturated rings. The molecule has 0 spiro atoms. The highest BCUT2D eigenvalue weighted by atomic mass is 35.5. The van der Waals surface area contributed by atoms with Gasteiger partial charge < -0.3 is 9.84 Å². The van der Waals surface area contributed by atoms with E-state index in [0.717, 1.165) is 18.2 Å². The number of benzene rings is 2. The smallest absolute Gasteiger partial charge is 0.365 e. The van der Waals surface area contributed by atoms with Crippen LogP contribution in [0.3, 0.4) is 0 Å². The van der Waals surface area contributed by atoms with Gasteiger partial charge >= 0.3 is 5.00 Å². The van der Waals surface area contributed by atoms with E-state index in [-0.39, 0.29) is 11.3 Å². The fourth-order valence-corrected chi connectivity index (χ4v) is 2.87. The van der Waals surface area contributed by atoms with Gasteiger partial charge in [-0.1, -0.05) is 24.3 Å². The van der Waals surface area contributed by atoms with Crippen LogP contribution in [0.2, 0.25) is 0 Å². The average molecular weight is 342 g/mol. The van der Waals surface area contributed by atoms with E-state index in [4.69, 9.17) is 16.3 Å². The van der Waals surface area contributed by atoms with Gasteiger partial charge in [-0.3, -0.25) is 10.1 Å². The number of nitrogens with zero attached hydrogens (tertiary/aromatic N) is 1. The molecule has 0 aromatic heterocycles. The van der Waals surface area contributed by atoms with Crippen molar-refractivity contribution in [2.75, 3.05) is 0 Å². The third kappa shape index (κ3) is 2.24. The number of alkyl halides is 1. The molecule has 0 unspecified atom stereocenters. The molecule has 0 saturated carbocycles. The lowest BCUT2D eigenvalue weighted by Crippen LogP contribution is -2.49. The number of rotatable bonds is 2. The number of halogens is 3. The summed E-state index contributed by atoms with van der Waals surface area (Å²) in [6.07, 6.45) is -3.65. The molecular weight excluding hydrogens is 332 g/mol. The van der Waals surface area contributed by atoms with Crippen molar-refractivity contribution in [1.82, 2.24) is 0 Å². The summed E-state index contributed by atoms with van der Waals surface area (Å²) >= 11 is 6.03. The van der Waals surface area contributed by atoms with Gasteiger partial charge in [0.25, 0.3) is 0 Å². The minimum Gasteiger partial charge on any atom is -0.476 e. The summed E-state index contributed by atoms with van der Waals surface area (Å²) in [6, 6.07) is 8.91. The first-order valence-corrected chi connectivity index (χ1v) is 6.96. The van der Waals surface area contributed by atoms with Crippen molar-refractivity contribution >= 4 is 11.6 Å². The molecule has 0 aliphatic carbocycles. The maximum Gasteiger partial charge on any atom is 0.365 e. The lowest BCUT2D eigenvalue weighted by Gasteiger charge is -2.37. The SMILES string of the molecule is O=[N+]([O-])[C@]1(Cl)[C@@H](O)c2ccccc2O[C@H]1c1c(F)cccc1F. The van der Waals surface area contributed by atoms with E-state index >= 15 is 0 Å². The highest BCUT2D eigenvalue weighted by molar-refractivity contribution is 6.23. The number of aliphatic hydroxyl groups is 1. The summed E-state index contributed by atoms with van der Waals surface area (Å²) in [6.45, 7) is 0. The van der Waals surface area contributed by atoms with Crippen LogP contribution in [0.15, 0.2) is 42.5 Å². The first kappa shape index (κ1) is 15.6. The lowest BCUT2D eigenvalue weighted by molar-refractivity contribution is -0.570. The van der Waals surface area contributed by atoms with Gasteiger partial charge in [-0.15, -0.1) is 0 Å². The zero-order valence-electron chi connectivity index (χ0n) is 11.4. The molecule has 3 atom stereocenters. The first-order chi connectivity index (χ1) is 10.9. The Kier molecular flexibility index (Phi) is 3.69. The fraction of sp³-hybridized carbons (Fsp3) is 0.200. The fourth-order valence-electron chi connectivity index (χ4n) is 2.60. The Morgan fingerprint density at radius 1 is 1.17 bits per heavy atom. The van der Waals surface area contributed by atoms with E-state index in [1.807, 2.05) is 0 Å². The summed E-state index contributed by atoms with van der Waals surface area (Å²) in [5.41, 5.74) is -0.625. The van der Waals surface area contributed by atoms with Gasteiger partial charge in [0.2, 0.25) is 6.10 Å². The molecule has 120 valence electrons. The number of ether oxygens (including phenoxy) is 1. The molecule has 0 amide bonds. The van der Waals surface area contributed by atoms with Crippen molar-refractivity contribution in [3.05, 3.63) is 75.3 Å². The second-order valence-electron chi connectivity index (χ2n) is 5.06. The number of aliphatic hydroxyl groups excluding tert-OH is 1. The summed E-state index contributed by atoms with van der Waals surface area (Å²) in [7, 11) is 0. The number of para-hydroxylation sites is 1. The Morgan fingerprint density at radius 3 is 2.39 bits per heavy atom. The molecule has 0 bridgehead atoms. The summed E-state index contributed by atoms with van der Waals surface area (Å²) < 4.78 is 33.5. The van der Waals surface area contributed by atoms with Gasteiger partial charge in [0.1, 0.15) is 17.4 Å². The molecule has 8 heteroatoms. The van der Waals surface area contributed by atoms with Crippen LogP contribution < -0.4 is 4.74 Å². The molecule has 2 aromatic carbocycles. The van der Waals surface area contributed by atoms with Crippen molar-refractivity contribution in [1.29, 1.82) is 0 Å². The normalized spacial score (nSPS) is 26.3. The number of fused-ring (bicyclic) bond motifs is 1. The molecule has 1 heterocycles. The van der Waals surface area contributed by atoms with E-state index in [2.05, 4.69) is 0 Å².